The number of hydrogen-bond acceptors (Lipinski definition) is 4. The Labute approximate surface area is 271 Å². The van der Waals surface area contributed by atoms with Gasteiger partial charge in [0.1, 0.15) is 0 Å². The molecule has 0 saturated carbocycles. The largest absolute Gasteiger partial charge is 0.351 e. The molecule has 2 amide bonds. The molecule has 0 saturated heterocycles. The minimum atomic E-state index is -0.449. The molecule has 8 heteroatoms. The van der Waals surface area contributed by atoms with Gasteiger partial charge < -0.3 is 10.6 Å². The highest BCUT2D eigenvalue weighted by Crippen LogP contribution is 2.28. The van der Waals surface area contributed by atoms with Crippen LogP contribution in [0.25, 0.3) is 44.3 Å². The molecule has 2 N–H and O–H groups in total. The highest BCUT2D eigenvalue weighted by molar-refractivity contribution is 6.31. The van der Waals surface area contributed by atoms with Crippen molar-refractivity contribution in [2.45, 2.75) is 13.8 Å². The van der Waals surface area contributed by atoms with Crippen molar-refractivity contribution in [3.63, 3.8) is 0 Å². The summed E-state index contributed by atoms with van der Waals surface area (Å²) >= 11 is 12.2. The van der Waals surface area contributed by atoms with E-state index in [1.165, 1.54) is 0 Å². The summed E-state index contributed by atoms with van der Waals surface area (Å²) in [6, 6.07) is 33.5. The fraction of sp³-hybridized carbons (Fsp3) is 0.135. The van der Waals surface area contributed by atoms with Crippen molar-refractivity contribution in [2.24, 2.45) is 5.41 Å². The minimum absolute atomic E-state index is 0.212. The molecule has 2 aromatic heterocycles. The number of nitrogens with one attached hydrogen (secondary N) is 2. The molecule has 0 aliphatic rings. The molecule has 0 radical (unpaired) electrons. The van der Waals surface area contributed by atoms with E-state index in [-0.39, 0.29) is 11.8 Å². The molecule has 4 aromatic carbocycles. The number of pyridine rings is 2. The highest BCUT2D eigenvalue weighted by atomic mass is 35.5. The second-order valence-corrected chi connectivity index (χ2v) is 12.6. The summed E-state index contributed by atoms with van der Waals surface area (Å²) in [5, 5.41) is 8.96. The Balaban J connectivity index is 1.19. The number of para-hydroxylation sites is 2. The van der Waals surface area contributed by atoms with E-state index in [2.05, 4.69) is 10.6 Å². The van der Waals surface area contributed by atoms with E-state index >= 15 is 0 Å². The number of carbonyl (C=O) groups excluding carboxylic acids is 2. The number of fused-ring (bicyclic) bond motifs is 2. The van der Waals surface area contributed by atoms with Crippen molar-refractivity contribution >= 4 is 56.8 Å². The first-order valence-corrected chi connectivity index (χ1v) is 15.3. The molecule has 6 nitrogen and oxygen atoms in total. The number of aromatic nitrogens is 2. The lowest BCUT2D eigenvalue weighted by Gasteiger charge is -2.26. The molecular formula is C37H30Cl2N4O2. The van der Waals surface area contributed by atoms with E-state index in [0.717, 1.165) is 32.9 Å². The number of hydrogen-bond donors (Lipinski definition) is 2. The molecule has 0 aliphatic heterocycles. The van der Waals surface area contributed by atoms with Crippen LogP contribution in [0.1, 0.15) is 34.6 Å². The van der Waals surface area contributed by atoms with Gasteiger partial charge in [-0.1, -0.05) is 97.7 Å². The lowest BCUT2D eigenvalue weighted by molar-refractivity contribution is 0.0921. The van der Waals surface area contributed by atoms with Gasteiger partial charge in [0.05, 0.1) is 33.5 Å². The molecule has 224 valence electrons. The van der Waals surface area contributed by atoms with E-state index < -0.39 is 5.41 Å². The highest BCUT2D eigenvalue weighted by Gasteiger charge is 2.23. The molecule has 0 aliphatic carbocycles. The Morgan fingerprint density at radius 1 is 0.600 bits per heavy atom. The summed E-state index contributed by atoms with van der Waals surface area (Å²) in [6.45, 7) is 4.68. The number of halogens is 2. The Kier molecular flexibility index (Phi) is 8.52. The second kappa shape index (κ2) is 12.7. The zero-order valence-electron chi connectivity index (χ0n) is 24.8. The Bertz CT molecular complexity index is 1890. The van der Waals surface area contributed by atoms with Crippen LogP contribution in [-0.2, 0) is 0 Å². The summed E-state index contributed by atoms with van der Waals surface area (Å²) in [4.78, 5) is 36.7. The molecule has 0 unspecified atom stereocenters. The number of amides is 2. The maximum absolute atomic E-state index is 13.6. The van der Waals surface area contributed by atoms with Crippen LogP contribution < -0.4 is 10.6 Å². The third kappa shape index (κ3) is 6.83. The third-order valence-corrected chi connectivity index (χ3v) is 8.16. The van der Waals surface area contributed by atoms with Crippen molar-refractivity contribution in [1.82, 2.24) is 20.6 Å². The van der Waals surface area contributed by atoms with Gasteiger partial charge in [0.15, 0.2) is 0 Å². The molecule has 0 atom stereocenters. The van der Waals surface area contributed by atoms with Crippen molar-refractivity contribution in [2.75, 3.05) is 13.1 Å². The van der Waals surface area contributed by atoms with Gasteiger partial charge >= 0.3 is 0 Å². The van der Waals surface area contributed by atoms with E-state index in [9.17, 15) is 9.59 Å². The fourth-order valence-corrected chi connectivity index (χ4v) is 5.41. The quantitative estimate of drug-likeness (QED) is 0.176. The molecule has 6 aromatic rings. The zero-order valence-corrected chi connectivity index (χ0v) is 26.3. The van der Waals surface area contributed by atoms with Crippen molar-refractivity contribution in [1.29, 1.82) is 0 Å². The van der Waals surface area contributed by atoms with Crippen molar-refractivity contribution in [3.8, 4) is 22.5 Å². The molecule has 0 bridgehead atoms. The van der Waals surface area contributed by atoms with Crippen LogP contribution in [0, 0.1) is 5.41 Å². The Morgan fingerprint density at radius 2 is 0.978 bits per heavy atom. The Morgan fingerprint density at radius 3 is 1.38 bits per heavy atom. The number of rotatable bonds is 8. The smallest absolute Gasteiger partial charge is 0.252 e. The van der Waals surface area contributed by atoms with Gasteiger partial charge in [-0.25, -0.2) is 9.97 Å². The average Bonchev–Trinajstić information content (AvgIpc) is 3.06. The van der Waals surface area contributed by atoms with Gasteiger partial charge in [-0.05, 0) is 53.9 Å². The summed E-state index contributed by atoms with van der Waals surface area (Å²) in [6.07, 6.45) is 0. The standard InChI is InChI=1S/C37H30Cl2N4O2/c1-37(2,21-40-35(44)29-19-33(23-11-15-25(38)16-12-23)42-31-9-5-3-7-27(29)31)22-41-36(45)30-20-34(24-13-17-26(39)18-14-24)43-32-10-6-4-8-28(30)32/h3-20H,21-22H2,1-2H3,(H,40,44)(H,41,45). The van der Waals surface area contributed by atoms with Crippen LogP contribution in [0.5, 0.6) is 0 Å². The van der Waals surface area contributed by atoms with Gasteiger partial charge in [0, 0.05) is 45.0 Å². The maximum Gasteiger partial charge on any atom is 0.252 e. The van der Waals surface area contributed by atoms with E-state index in [1.54, 1.807) is 24.3 Å². The topological polar surface area (TPSA) is 84.0 Å². The van der Waals surface area contributed by atoms with Gasteiger partial charge in [0.2, 0.25) is 0 Å². The van der Waals surface area contributed by atoms with Crippen LogP contribution in [0.2, 0.25) is 10.0 Å². The molecule has 6 rings (SSSR count). The van der Waals surface area contributed by atoms with Gasteiger partial charge in [0.25, 0.3) is 11.8 Å². The maximum atomic E-state index is 13.6. The van der Waals surface area contributed by atoms with Crippen LogP contribution in [0.15, 0.2) is 109 Å². The predicted molar refractivity (Wildman–Crippen MR) is 183 cm³/mol. The first-order chi connectivity index (χ1) is 21.7. The predicted octanol–water partition coefficient (Wildman–Crippen LogP) is 8.61. The number of carbonyl (C=O) groups is 2. The monoisotopic (exact) mass is 632 g/mol. The average molecular weight is 634 g/mol. The lowest BCUT2D eigenvalue weighted by Crippen LogP contribution is -2.42. The molecule has 0 fully saturated rings. The van der Waals surface area contributed by atoms with Gasteiger partial charge in [-0.3, -0.25) is 9.59 Å². The number of benzene rings is 4. The first-order valence-electron chi connectivity index (χ1n) is 14.5. The summed E-state index contributed by atoms with van der Waals surface area (Å²) in [5.41, 5.74) is 5.17. The second-order valence-electron chi connectivity index (χ2n) is 11.7. The normalized spacial score (nSPS) is 11.5. The first kappa shape index (κ1) is 30.3. The number of nitrogens with zero attached hydrogens (tertiary/aromatic N) is 2. The van der Waals surface area contributed by atoms with E-state index in [0.29, 0.717) is 45.6 Å². The summed E-state index contributed by atoms with van der Waals surface area (Å²) in [5.74, 6) is -0.424. The molecular weight excluding hydrogens is 603 g/mol. The summed E-state index contributed by atoms with van der Waals surface area (Å²) < 4.78 is 0. The van der Waals surface area contributed by atoms with Gasteiger partial charge in [-0.2, -0.15) is 0 Å². The van der Waals surface area contributed by atoms with Crippen LogP contribution in [0.3, 0.4) is 0 Å². The van der Waals surface area contributed by atoms with E-state index in [1.807, 2.05) is 98.8 Å². The molecule has 0 spiro atoms. The minimum Gasteiger partial charge on any atom is -0.351 e. The zero-order chi connectivity index (χ0) is 31.6. The van der Waals surface area contributed by atoms with E-state index in [4.69, 9.17) is 33.2 Å². The third-order valence-electron chi connectivity index (χ3n) is 7.66. The lowest BCUT2D eigenvalue weighted by atomic mass is 9.92. The van der Waals surface area contributed by atoms with Crippen LogP contribution >= 0.6 is 23.2 Å². The molecule has 2 heterocycles. The fourth-order valence-electron chi connectivity index (χ4n) is 5.16. The Hall–Kier alpha value is -4.78. The van der Waals surface area contributed by atoms with Crippen molar-refractivity contribution < 1.29 is 9.59 Å². The van der Waals surface area contributed by atoms with Crippen LogP contribution in [0.4, 0.5) is 0 Å². The summed E-state index contributed by atoms with van der Waals surface area (Å²) in [7, 11) is 0. The molecule has 45 heavy (non-hydrogen) atoms. The van der Waals surface area contributed by atoms with Crippen molar-refractivity contribution in [3.05, 3.63) is 130 Å². The van der Waals surface area contributed by atoms with Crippen LogP contribution in [-0.4, -0.2) is 34.9 Å². The van der Waals surface area contributed by atoms with Gasteiger partial charge in [-0.15, -0.1) is 0 Å². The SMILES string of the molecule is CC(C)(CNC(=O)c1cc(-c2ccc(Cl)cc2)nc2ccccc12)CNC(=O)c1cc(-c2ccc(Cl)cc2)nc2ccccc12.